The molecule has 1 heterocycles. The lowest BCUT2D eigenvalue weighted by Gasteiger charge is -2.39. The van der Waals surface area contributed by atoms with E-state index < -0.39 is 8.32 Å². The fourth-order valence-electron chi connectivity index (χ4n) is 2.59. The Labute approximate surface area is 138 Å². The first-order chi connectivity index (χ1) is 9.77. The van der Waals surface area contributed by atoms with Gasteiger partial charge in [-0.05, 0) is 64.1 Å². The largest absolute Gasteiger partial charge is 0.492 e. The van der Waals surface area contributed by atoms with Crippen molar-refractivity contribution in [3.8, 4) is 0 Å². The molecule has 126 valence electrons. The molecule has 0 saturated carbocycles. The van der Waals surface area contributed by atoms with Crippen LogP contribution in [0.5, 0.6) is 0 Å². The summed E-state index contributed by atoms with van der Waals surface area (Å²) in [5.41, 5.74) is 0.620. The van der Waals surface area contributed by atoms with Crippen LogP contribution in [-0.4, -0.2) is 32.7 Å². The Morgan fingerprint density at radius 3 is 2.09 bits per heavy atom. The molecule has 2 aliphatic rings. The van der Waals surface area contributed by atoms with Gasteiger partial charge in [-0.1, -0.05) is 26.8 Å². The van der Waals surface area contributed by atoms with Crippen molar-refractivity contribution in [2.24, 2.45) is 0 Å². The third-order valence-electron chi connectivity index (χ3n) is 5.95. The van der Waals surface area contributed by atoms with Crippen molar-refractivity contribution in [1.29, 1.82) is 0 Å². The lowest BCUT2D eigenvalue weighted by atomic mass is 9.76. The third-order valence-corrected chi connectivity index (χ3v) is 10.4. The van der Waals surface area contributed by atoms with E-state index >= 15 is 0 Å². The lowest BCUT2D eigenvalue weighted by Crippen LogP contribution is -2.45. The van der Waals surface area contributed by atoms with Crippen LogP contribution in [0, 0.1) is 0 Å². The van der Waals surface area contributed by atoms with Crippen LogP contribution in [0.1, 0.15) is 61.3 Å². The normalized spacial score (nSPS) is 28.1. The van der Waals surface area contributed by atoms with E-state index in [-0.39, 0.29) is 29.5 Å². The van der Waals surface area contributed by atoms with E-state index in [0.29, 0.717) is 0 Å². The summed E-state index contributed by atoms with van der Waals surface area (Å²) in [6.07, 6.45) is 4.51. The molecule has 0 radical (unpaired) electrons. The standard InChI is InChI=1S/C17H33BO3Si/c1-15(2,3)22(8,9)19-14-12-10-11-13(14)18-20-16(4,5)17(6,7)21-18/h11,14H,10,12H2,1-9H3/t14-/m1/s1. The Balaban J connectivity index is 2.13. The van der Waals surface area contributed by atoms with Crippen LogP contribution >= 0.6 is 0 Å². The quantitative estimate of drug-likeness (QED) is 0.703. The summed E-state index contributed by atoms with van der Waals surface area (Å²) in [5, 5.41) is 0.219. The first kappa shape index (κ1) is 18.2. The van der Waals surface area contributed by atoms with E-state index in [4.69, 9.17) is 13.7 Å². The highest BCUT2D eigenvalue weighted by atomic mass is 28.4. The highest BCUT2D eigenvalue weighted by Crippen LogP contribution is 2.43. The van der Waals surface area contributed by atoms with E-state index in [0.717, 1.165) is 12.8 Å². The van der Waals surface area contributed by atoms with Gasteiger partial charge < -0.3 is 13.7 Å². The van der Waals surface area contributed by atoms with Gasteiger partial charge in [0.2, 0.25) is 0 Å². The predicted octanol–water partition coefficient (Wildman–Crippen LogP) is 4.73. The van der Waals surface area contributed by atoms with E-state index in [1.165, 1.54) is 5.47 Å². The molecule has 0 aromatic carbocycles. The van der Waals surface area contributed by atoms with Gasteiger partial charge in [0.1, 0.15) is 0 Å². The molecule has 1 aliphatic heterocycles. The summed E-state index contributed by atoms with van der Waals surface area (Å²) >= 11 is 0. The summed E-state index contributed by atoms with van der Waals surface area (Å²) in [7, 11) is -2.05. The molecule has 1 fully saturated rings. The van der Waals surface area contributed by atoms with Crippen LogP contribution in [0.4, 0.5) is 0 Å². The average Bonchev–Trinajstić information content (AvgIpc) is 2.80. The predicted molar refractivity (Wildman–Crippen MR) is 95.5 cm³/mol. The van der Waals surface area contributed by atoms with Crippen molar-refractivity contribution >= 4 is 15.4 Å². The minimum absolute atomic E-state index is 0.149. The number of hydrogen-bond acceptors (Lipinski definition) is 3. The molecule has 22 heavy (non-hydrogen) atoms. The maximum Gasteiger partial charge on any atom is 0.492 e. The van der Waals surface area contributed by atoms with Gasteiger partial charge in [0, 0.05) is 0 Å². The van der Waals surface area contributed by atoms with Crippen LogP contribution < -0.4 is 0 Å². The van der Waals surface area contributed by atoms with Gasteiger partial charge in [0.15, 0.2) is 8.32 Å². The van der Waals surface area contributed by atoms with Crippen LogP contribution in [0.2, 0.25) is 18.1 Å². The van der Waals surface area contributed by atoms with Gasteiger partial charge in [0.05, 0.1) is 17.3 Å². The van der Waals surface area contributed by atoms with Gasteiger partial charge in [-0.15, -0.1) is 0 Å². The number of hydrogen-bond donors (Lipinski definition) is 0. The number of rotatable bonds is 3. The molecule has 0 N–H and O–H groups in total. The summed E-state index contributed by atoms with van der Waals surface area (Å²) < 4.78 is 19.1. The third kappa shape index (κ3) is 3.23. The Bertz CT molecular complexity index is 447. The van der Waals surface area contributed by atoms with Crippen LogP contribution in [0.15, 0.2) is 11.5 Å². The van der Waals surface area contributed by atoms with E-state index in [9.17, 15) is 0 Å². The molecular weight excluding hydrogens is 291 g/mol. The Morgan fingerprint density at radius 2 is 1.64 bits per heavy atom. The van der Waals surface area contributed by atoms with E-state index in [2.05, 4.69) is 67.6 Å². The average molecular weight is 324 g/mol. The van der Waals surface area contributed by atoms with Crippen molar-refractivity contribution in [3.63, 3.8) is 0 Å². The molecule has 0 unspecified atom stereocenters. The molecule has 3 nitrogen and oxygen atoms in total. The Morgan fingerprint density at radius 1 is 1.14 bits per heavy atom. The molecule has 0 aromatic rings. The van der Waals surface area contributed by atoms with Crippen molar-refractivity contribution in [2.45, 2.75) is 96.7 Å². The SMILES string of the molecule is CC1(C)OB(C2=CCC[C@H]2O[Si](C)(C)C(C)(C)C)OC1(C)C. The van der Waals surface area contributed by atoms with Gasteiger partial charge >= 0.3 is 7.12 Å². The lowest BCUT2D eigenvalue weighted by molar-refractivity contribution is 0.00578. The molecule has 0 spiro atoms. The van der Waals surface area contributed by atoms with Gasteiger partial charge in [-0.25, -0.2) is 0 Å². The first-order valence-corrected chi connectivity index (χ1v) is 11.4. The monoisotopic (exact) mass is 324 g/mol. The topological polar surface area (TPSA) is 27.7 Å². The summed E-state index contributed by atoms with van der Waals surface area (Å²) in [4.78, 5) is 0. The summed E-state index contributed by atoms with van der Waals surface area (Å²) in [6.45, 7) is 19.9. The fraction of sp³-hybridized carbons (Fsp3) is 0.882. The van der Waals surface area contributed by atoms with Crippen molar-refractivity contribution in [2.75, 3.05) is 0 Å². The molecular formula is C17H33BO3Si. The first-order valence-electron chi connectivity index (χ1n) is 8.50. The van der Waals surface area contributed by atoms with Gasteiger partial charge in [-0.3, -0.25) is 0 Å². The molecule has 1 atom stereocenters. The molecule has 1 aliphatic carbocycles. The minimum Gasteiger partial charge on any atom is -0.411 e. The zero-order valence-corrected chi connectivity index (χ0v) is 16.9. The second-order valence-electron chi connectivity index (χ2n) is 9.24. The van der Waals surface area contributed by atoms with Gasteiger partial charge in [-0.2, -0.15) is 0 Å². The highest BCUT2D eigenvalue weighted by molar-refractivity contribution is 6.74. The van der Waals surface area contributed by atoms with Crippen LogP contribution in [-0.2, 0) is 13.7 Å². The minimum atomic E-state index is -1.79. The molecule has 0 amide bonds. The second kappa shape index (κ2) is 5.47. The Kier molecular flexibility index (Phi) is 4.54. The molecule has 1 saturated heterocycles. The van der Waals surface area contributed by atoms with E-state index in [1.54, 1.807) is 0 Å². The summed E-state index contributed by atoms with van der Waals surface area (Å²) in [6, 6.07) is 0. The summed E-state index contributed by atoms with van der Waals surface area (Å²) in [5.74, 6) is 0. The van der Waals surface area contributed by atoms with Crippen LogP contribution in [0.3, 0.4) is 0 Å². The van der Waals surface area contributed by atoms with Crippen LogP contribution in [0.25, 0.3) is 0 Å². The van der Waals surface area contributed by atoms with Crippen molar-refractivity contribution in [1.82, 2.24) is 0 Å². The smallest absolute Gasteiger partial charge is 0.411 e. The fourth-order valence-corrected chi connectivity index (χ4v) is 3.90. The maximum atomic E-state index is 6.64. The molecule has 5 heteroatoms. The van der Waals surface area contributed by atoms with E-state index in [1.807, 2.05) is 0 Å². The van der Waals surface area contributed by atoms with Crippen molar-refractivity contribution < 1.29 is 13.7 Å². The van der Waals surface area contributed by atoms with Gasteiger partial charge in [0.25, 0.3) is 0 Å². The molecule has 2 rings (SSSR count). The maximum absolute atomic E-state index is 6.64. The molecule has 0 aromatic heterocycles. The zero-order valence-electron chi connectivity index (χ0n) is 15.9. The Hall–Kier alpha value is -0.0982. The number of allylic oxidation sites excluding steroid dienone is 1. The molecule has 0 bridgehead atoms. The van der Waals surface area contributed by atoms with Crippen molar-refractivity contribution in [3.05, 3.63) is 11.5 Å². The second-order valence-corrected chi connectivity index (χ2v) is 14.0. The zero-order chi connectivity index (χ0) is 17.0. The highest BCUT2D eigenvalue weighted by Gasteiger charge is 2.54.